The SMILES string of the molecule is OCc1cn(CCn2ccnc2)cn1. The van der Waals surface area contributed by atoms with E-state index in [0.29, 0.717) is 5.69 Å². The second-order valence-corrected chi connectivity index (χ2v) is 3.06. The average molecular weight is 192 g/mol. The molecule has 0 saturated carbocycles. The third-order valence-corrected chi connectivity index (χ3v) is 2.02. The highest BCUT2D eigenvalue weighted by Gasteiger charge is 1.96. The van der Waals surface area contributed by atoms with Crippen molar-refractivity contribution in [2.24, 2.45) is 0 Å². The van der Waals surface area contributed by atoms with Crippen molar-refractivity contribution in [3.8, 4) is 0 Å². The van der Waals surface area contributed by atoms with Gasteiger partial charge in [0.25, 0.3) is 0 Å². The fourth-order valence-corrected chi connectivity index (χ4v) is 1.26. The van der Waals surface area contributed by atoms with Gasteiger partial charge < -0.3 is 14.2 Å². The van der Waals surface area contributed by atoms with Crippen LogP contribution in [0.5, 0.6) is 0 Å². The lowest BCUT2D eigenvalue weighted by molar-refractivity contribution is 0.277. The summed E-state index contributed by atoms with van der Waals surface area (Å²) >= 11 is 0. The molecule has 0 unspecified atom stereocenters. The summed E-state index contributed by atoms with van der Waals surface area (Å²) in [6.45, 7) is 1.70. The summed E-state index contributed by atoms with van der Waals surface area (Å²) in [6, 6.07) is 0. The van der Waals surface area contributed by atoms with E-state index in [9.17, 15) is 0 Å². The Morgan fingerprint density at radius 1 is 1.21 bits per heavy atom. The van der Waals surface area contributed by atoms with Crippen molar-refractivity contribution in [3.05, 3.63) is 36.9 Å². The summed E-state index contributed by atoms with van der Waals surface area (Å²) < 4.78 is 3.95. The number of imidazole rings is 2. The number of hydrogen-bond acceptors (Lipinski definition) is 3. The minimum atomic E-state index is -0.00191. The van der Waals surface area contributed by atoms with Crippen LogP contribution in [0.3, 0.4) is 0 Å². The molecule has 0 bridgehead atoms. The monoisotopic (exact) mass is 192 g/mol. The highest BCUT2D eigenvalue weighted by atomic mass is 16.3. The average Bonchev–Trinajstić information content (AvgIpc) is 2.86. The van der Waals surface area contributed by atoms with Crippen LogP contribution in [0.2, 0.25) is 0 Å². The summed E-state index contributed by atoms with van der Waals surface area (Å²) in [4.78, 5) is 7.98. The molecular weight excluding hydrogens is 180 g/mol. The van der Waals surface area contributed by atoms with Crippen LogP contribution >= 0.6 is 0 Å². The zero-order chi connectivity index (χ0) is 9.80. The van der Waals surface area contributed by atoms with E-state index in [1.165, 1.54) is 0 Å². The maximum absolute atomic E-state index is 8.81. The smallest absolute Gasteiger partial charge is 0.0951 e. The number of aliphatic hydroxyl groups is 1. The Balaban J connectivity index is 1.92. The molecule has 0 aromatic carbocycles. The maximum Gasteiger partial charge on any atom is 0.0951 e. The van der Waals surface area contributed by atoms with Gasteiger partial charge in [-0.25, -0.2) is 9.97 Å². The molecule has 0 aliphatic rings. The van der Waals surface area contributed by atoms with Crippen LogP contribution in [0.4, 0.5) is 0 Å². The van der Waals surface area contributed by atoms with Crippen LogP contribution in [0.25, 0.3) is 0 Å². The Labute approximate surface area is 81.7 Å². The van der Waals surface area contributed by atoms with E-state index in [0.717, 1.165) is 13.1 Å². The topological polar surface area (TPSA) is 55.9 Å². The molecule has 2 rings (SSSR count). The first-order valence-corrected chi connectivity index (χ1v) is 4.46. The van der Waals surface area contributed by atoms with Crippen LogP contribution in [-0.4, -0.2) is 24.2 Å². The number of aryl methyl sites for hydroxylation is 2. The maximum atomic E-state index is 8.81. The molecule has 2 aromatic rings. The van der Waals surface area contributed by atoms with E-state index in [1.807, 2.05) is 21.5 Å². The predicted octanol–water partition coefficient (Wildman–Crippen LogP) is 0.272. The molecule has 5 heteroatoms. The number of aliphatic hydroxyl groups excluding tert-OH is 1. The fraction of sp³-hybridized carbons (Fsp3) is 0.333. The Bertz CT molecular complexity index is 379. The molecule has 14 heavy (non-hydrogen) atoms. The zero-order valence-electron chi connectivity index (χ0n) is 7.74. The highest BCUT2D eigenvalue weighted by molar-refractivity contribution is 4.94. The second kappa shape index (κ2) is 4.06. The van der Waals surface area contributed by atoms with Crippen LogP contribution in [0.15, 0.2) is 31.2 Å². The van der Waals surface area contributed by atoms with E-state index < -0.39 is 0 Å². The summed E-state index contributed by atoms with van der Waals surface area (Å²) in [5.74, 6) is 0. The van der Waals surface area contributed by atoms with Crippen molar-refractivity contribution < 1.29 is 5.11 Å². The van der Waals surface area contributed by atoms with Gasteiger partial charge in [-0.15, -0.1) is 0 Å². The molecule has 0 aliphatic carbocycles. The predicted molar refractivity (Wildman–Crippen MR) is 50.4 cm³/mol. The summed E-state index contributed by atoms with van der Waals surface area (Å²) in [7, 11) is 0. The third kappa shape index (κ3) is 2.00. The molecule has 0 aliphatic heterocycles. The largest absolute Gasteiger partial charge is 0.390 e. The zero-order valence-corrected chi connectivity index (χ0v) is 7.74. The molecule has 1 N–H and O–H groups in total. The Hall–Kier alpha value is -1.62. The van der Waals surface area contributed by atoms with Gasteiger partial charge in [0.05, 0.1) is 25.0 Å². The Kier molecular flexibility index (Phi) is 2.60. The van der Waals surface area contributed by atoms with Gasteiger partial charge in [-0.1, -0.05) is 0 Å². The molecule has 74 valence electrons. The lowest BCUT2D eigenvalue weighted by Gasteiger charge is -2.02. The number of rotatable bonds is 4. The number of hydrogen-bond donors (Lipinski definition) is 1. The van der Waals surface area contributed by atoms with Gasteiger partial charge in [0, 0.05) is 31.7 Å². The minimum Gasteiger partial charge on any atom is -0.390 e. The van der Waals surface area contributed by atoms with Crippen molar-refractivity contribution >= 4 is 0 Å². The third-order valence-electron chi connectivity index (χ3n) is 2.02. The van der Waals surface area contributed by atoms with Crippen LogP contribution in [0, 0.1) is 0 Å². The molecule has 0 atom stereocenters. The molecule has 0 amide bonds. The summed E-state index contributed by atoms with van der Waals surface area (Å²) in [5, 5.41) is 8.81. The Morgan fingerprint density at radius 2 is 2.07 bits per heavy atom. The van der Waals surface area contributed by atoms with Gasteiger partial charge in [-0.2, -0.15) is 0 Å². The van der Waals surface area contributed by atoms with Gasteiger partial charge in [-0.05, 0) is 0 Å². The lowest BCUT2D eigenvalue weighted by Crippen LogP contribution is -2.03. The van der Waals surface area contributed by atoms with E-state index in [4.69, 9.17) is 5.11 Å². The van der Waals surface area contributed by atoms with Crippen LogP contribution in [-0.2, 0) is 19.7 Å². The molecular formula is C9H12N4O. The minimum absolute atomic E-state index is 0.00191. The first kappa shape index (κ1) is 8.96. The van der Waals surface area contributed by atoms with E-state index in [1.54, 1.807) is 18.9 Å². The number of nitrogens with zero attached hydrogens (tertiary/aromatic N) is 4. The second-order valence-electron chi connectivity index (χ2n) is 3.06. The van der Waals surface area contributed by atoms with Gasteiger partial charge in [0.1, 0.15) is 0 Å². The van der Waals surface area contributed by atoms with E-state index >= 15 is 0 Å². The first-order chi connectivity index (χ1) is 6.88. The van der Waals surface area contributed by atoms with Gasteiger partial charge in [-0.3, -0.25) is 0 Å². The van der Waals surface area contributed by atoms with Gasteiger partial charge >= 0.3 is 0 Å². The highest BCUT2D eigenvalue weighted by Crippen LogP contribution is 1.97. The molecule has 0 spiro atoms. The summed E-state index contributed by atoms with van der Waals surface area (Å²) in [5.41, 5.74) is 0.704. The van der Waals surface area contributed by atoms with Crippen molar-refractivity contribution in [1.29, 1.82) is 0 Å². The van der Waals surface area contributed by atoms with E-state index in [2.05, 4.69) is 9.97 Å². The molecule has 2 aromatic heterocycles. The van der Waals surface area contributed by atoms with Crippen molar-refractivity contribution in [2.75, 3.05) is 0 Å². The van der Waals surface area contributed by atoms with Crippen molar-refractivity contribution in [2.45, 2.75) is 19.7 Å². The normalized spacial score (nSPS) is 10.6. The van der Waals surface area contributed by atoms with Gasteiger partial charge in [0.15, 0.2) is 0 Å². The fourth-order valence-electron chi connectivity index (χ4n) is 1.26. The van der Waals surface area contributed by atoms with E-state index in [-0.39, 0.29) is 6.61 Å². The summed E-state index contributed by atoms with van der Waals surface area (Å²) in [6.07, 6.45) is 9.03. The van der Waals surface area contributed by atoms with Crippen molar-refractivity contribution in [1.82, 2.24) is 19.1 Å². The van der Waals surface area contributed by atoms with Crippen LogP contribution in [0.1, 0.15) is 5.69 Å². The molecule has 5 nitrogen and oxygen atoms in total. The molecule has 0 fully saturated rings. The van der Waals surface area contributed by atoms with Gasteiger partial charge in [0.2, 0.25) is 0 Å². The lowest BCUT2D eigenvalue weighted by atomic mass is 10.5. The van der Waals surface area contributed by atoms with Crippen molar-refractivity contribution in [3.63, 3.8) is 0 Å². The Morgan fingerprint density at radius 3 is 2.71 bits per heavy atom. The molecule has 2 heterocycles. The standard InChI is InChI=1S/C9H12N4O/c14-6-9-5-13(8-11-9)4-3-12-2-1-10-7-12/h1-2,5,7-8,14H,3-4,6H2. The molecule has 0 radical (unpaired) electrons. The molecule has 0 saturated heterocycles. The first-order valence-electron chi connectivity index (χ1n) is 4.46. The van der Waals surface area contributed by atoms with Crippen LogP contribution < -0.4 is 0 Å². The number of aromatic nitrogens is 4. The quantitative estimate of drug-likeness (QED) is 0.756.